The summed E-state index contributed by atoms with van der Waals surface area (Å²) in [6.07, 6.45) is 1.57. The summed E-state index contributed by atoms with van der Waals surface area (Å²) in [7, 11) is 2.10. The molecule has 4 N–H and O–H groups in total. The Kier molecular flexibility index (Phi) is 3.32. The van der Waals surface area contributed by atoms with Crippen molar-refractivity contribution < 1.29 is 14.0 Å². The van der Waals surface area contributed by atoms with Crippen LogP contribution in [0.25, 0.3) is 16.7 Å². The number of carbonyl (C=O) groups is 2. The number of nitrogens with zero attached hydrogens (tertiary/aromatic N) is 3. The van der Waals surface area contributed by atoms with E-state index in [4.69, 9.17) is 4.42 Å². The number of H-pyrrole nitrogens is 1. The van der Waals surface area contributed by atoms with Gasteiger partial charge in [-0.25, -0.2) is 14.3 Å². The van der Waals surface area contributed by atoms with E-state index >= 15 is 0 Å². The Morgan fingerprint density at radius 1 is 1.05 bits per heavy atom. The number of amides is 2. The fraction of sp³-hybridized carbons (Fsp3) is 0.423. The van der Waals surface area contributed by atoms with Crippen LogP contribution in [0.4, 0.5) is 0 Å². The Morgan fingerprint density at radius 3 is 2.59 bits per heavy atom. The summed E-state index contributed by atoms with van der Waals surface area (Å²) in [6, 6.07) is 8.36. The molecule has 0 bridgehead atoms. The number of benzene rings is 1. The van der Waals surface area contributed by atoms with Crippen LogP contribution in [0.3, 0.4) is 0 Å². The van der Waals surface area contributed by atoms with E-state index in [1.807, 2.05) is 0 Å². The number of aromatic amines is 1. The molecule has 0 radical (unpaired) electrons. The lowest BCUT2D eigenvalue weighted by Crippen LogP contribution is -3.15. The third-order valence-electron chi connectivity index (χ3n) is 10.6. The van der Waals surface area contributed by atoms with Crippen LogP contribution in [0.2, 0.25) is 0 Å². The first-order chi connectivity index (χ1) is 18.0. The summed E-state index contributed by atoms with van der Waals surface area (Å²) in [5, 5.41) is 13.9. The Morgan fingerprint density at radius 2 is 1.84 bits per heavy atom. The lowest BCUT2D eigenvalue weighted by Gasteiger charge is -3.11. The minimum absolute atomic E-state index is 0.142. The van der Waals surface area contributed by atoms with Crippen LogP contribution in [0.5, 0.6) is 0 Å². The van der Waals surface area contributed by atoms with E-state index < -0.39 is 11.7 Å². The molecule has 6 aliphatic rings. The summed E-state index contributed by atoms with van der Waals surface area (Å²) in [5.74, 6) is 3.58. The van der Waals surface area contributed by atoms with Gasteiger partial charge in [-0.2, -0.15) is 5.10 Å². The van der Waals surface area contributed by atoms with Crippen molar-refractivity contribution in [3.05, 3.63) is 64.0 Å². The fourth-order valence-corrected chi connectivity index (χ4v) is 9.50. The second-order valence-electron chi connectivity index (χ2n) is 11.3. The van der Waals surface area contributed by atoms with Gasteiger partial charge in [0.05, 0.1) is 11.7 Å². The van der Waals surface area contributed by atoms with E-state index in [0.717, 1.165) is 41.1 Å². The molecule has 37 heavy (non-hydrogen) atoms. The fourth-order valence-electron chi connectivity index (χ4n) is 9.50. The summed E-state index contributed by atoms with van der Waals surface area (Å²) < 4.78 is 6.49. The van der Waals surface area contributed by atoms with Gasteiger partial charge in [0.25, 0.3) is 11.8 Å². The summed E-state index contributed by atoms with van der Waals surface area (Å²) in [5.41, 5.74) is 3.43. The molecule has 11 nitrogen and oxygen atoms in total. The van der Waals surface area contributed by atoms with Crippen LogP contribution in [-0.2, 0) is 6.54 Å². The predicted octanol–water partition coefficient (Wildman–Crippen LogP) is 0.533. The van der Waals surface area contributed by atoms with E-state index in [0.29, 0.717) is 39.9 Å². The number of hydrogen-bond donors (Lipinski definition) is 4. The summed E-state index contributed by atoms with van der Waals surface area (Å²) >= 11 is 0. The predicted molar refractivity (Wildman–Crippen MR) is 128 cm³/mol. The first-order valence-electron chi connectivity index (χ1n) is 12.7. The van der Waals surface area contributed by atoms with Gasteiger partial charge >= 0.3 is 5.76 Å². The zero-order valence-electron chi connectivity index (χ0n) is 19.8. The largest absolute Gasteiger partial charge is 0.417 e. The van der Waals surface area contributed by atoms with Gasteiger partial charge in [0.1, 0.15) is 11.4 Å². The van der Waals surface area contributed by atoms with Gasteiger partial charge in [-0.1, -0.05) is 6.07 Å². The van der Waals surface area contributed by atoms with E-state index in [-0.39, 0.29) is 18.1 Å². The second kappa shape index (κ2) is 6.10. The minimum atomic E-state index is -0.526. The Balaban J connectivity index is 0.926. The zero-order valence-corrected chi connectivity index (χ0v) is 19.8. The molecule has 0 aliphatic heterocycles. The number of fused-ring (bicyclic) bond motifs is 2. The maximum Gasteiger partial charge on any atom is 0.417 e. The molecule has 3 heterocycles. The second-order valence-corrected chi connectivity index (χ2v) is 11.3. The normalized spacial score (nSPS) is 36.6. The van der Waals surface area contributed by atoms with E-state index in [1.165, 1.54) is 10.6 Å². The first kappa shape index (κ1) is 20.1. The van der Waals surface area contributed by atoms with Gasteiger partial charge in [0, 0.05) is 30.8 Å². The van der Waals surface area contributed by atoms with E-state index in [2.05, 4.69) is 38.1 Å². The maximum absolute atomic E-state index is 13.3. The van der Waals surface area contributed by atoms with Crippen LogP contribution >= 0.6 is 0 Å². The Hall–Kier alpha value is -3.99. The van der Waals surface area contributed by atoms with E-state index in [9.17, 15) is 14.4 Å². The number of oxazole rings is 1. The van der Waals surface area contributed by atoms with Crippen molar-refractivity contribution in [1.82, 2.24) is 35.5 Å². The minimum Gasteiger partial charge on any atom is -0.408 e. The van der Waals surface area contributed by atoms with Crippen molar-refractivity contribution in [1.29, 1.82) is 0 Å². The van der Waals surface area contributed by atoms with Gasteiger partial charge < -0.3 is 20.4 Å². The van der Waals surface area contributed by atoms with Crippen molar-refractivity contribution in [3.8, 4) is 0 Å². The zero-order chi connectivity index (χ0) is 24.8. The van der Waals surface area contributed by atoms with Crippen molar-refractivity contribution in [2.45, 2.75) is 12.1 Å². The van der Waals surface area contributed by atoms with Gasteiger partial charge in [-0.3, -0.25) is 14.6 Å². The standard InChI is InChI=1S/C26H23N7O4/c1-27-26-19-16-20(26)18-21(26)17(19)25(16,18)9-29-23(35)13-7-12(31-15-4-5-30-33(13)15)22(34)28-8-10-2-3-14-11(6-10)32-24(36)37-14/h2-7,16-21,27H,8-9H2,1H3,(H,28,34)(H,29,35)(H,32,36). The Bertz CT molecular complexity index is 1710. The summed E-state index contributed by atoms with van der Waals surface area (Å²) in [4.78, 5) is 44.7. The topological polar surface area (TPSA) is 146 Å². The molecule has 6 saturated carbocycles. The average Bonchev–Trinajstić information content (AvgIpc) is 3.54. The van der Waals surface area contributed by atoms with Crippen molar-refractivity contribution in [2.75, 3.05) is 13.6 Å². The van der Waals surface area contributed by atoms with Gasteiger partial charge in [-0.15, -0.1) is 0 Å². The number of hydrogen-bond acceptors (Lipinski definition) is 7. The average molecular weight is 498 g/mol. The van der Waals surface area contributed by atoms with Crippen molar-refractivity contribution >= 4 is 28.6 Å². The van der Waals surface area contributed by atoms with Crippen molar-refractivity contribution in [3.63, 3.8) is 0 Å². The number of carbonyl (C=O) groups excluding carboxylic acids is 2. The molecular formula is C26H23N7O4. The molecule has 0 spiro atoms. The molecule has 186 valence electrons. The quantitative estimate of drug-likeness (QED) is 0.291. The number of nitrogens with one attached hydrogen (secondary N) is 4. The van der Waals surface area contributed by atoms with Crippen LogP contribution in [-0.4, -0.2) is 50.5 Å². The third kappa shape index (κ3) is 1.97. The van der Waals surface area contributed by atoms with Crippen LogP contribution in [0, 0.1) is 40.9 Å². The third-order valence-corrected chi connectivity index (χ3v) is 10.6. The lowest BCUT2D eigenvalue weighted by molar-refractivity contribution is -0.623. The van der Waals surface area contributed by atoms with E-state index in [1.54, 1.807) is 30.5 Å². The Labute approximate surface area is 209 Å². The van der Waals surface area contributed by atoms with Crippen LogP contribution in [0.1, 0.15) is 26.5 Å². The molecule has 6 aliphatic carbocycles. The number of rotatable bonds is 7. The lowest BCUT2D eigenvalue weighted by atomic mass is 8.94. The molecule has 4 aromatic rings. The molecule has 11 heteroatoms. The smallest absolute Gasteiger partial charge is 0.408 e. The highest BCUT2D eigenvalue weighted by Crippen LogP contribution is 3.06. The number of aromatic nitrogens is 4. The van der Waals surface area contributed by atoms with Crippen LogP contribution < -0.4 is 21.7 Å². The molecule has 2 amide bonds. The molecular weight excluding hydrogens is 474 g/mol. The van der Waals surface area contributed by atoms with Crippen molar-refractivity contribution in [2.24, 2.45) is 40.9 Å². The monoisotopic (exact) mass is 497 g/mol. The summed E-state index contributed by atoms with van der Waals surface area (Å²) in [6.45, 7) is 0.917. The SMILES string of the molecule is CNC12C3C4C1C1C2C3C41CNC(=O)c1cc(C(=O)NCc2ccc3oc(=O)[nH]c3c2)nc2ccnn12. The molecule has 6 fully saturated rings. The van der Waals surface area contributed by atoms with Gasteiger partial charge in [0.2, 0.25) is 0 Å². The van der Waals surface area contributed by atoms with Gasteiger partial charge in [0.15, 0.2) is 11.2 Å². The van der Waals surface area contributed by atoms with Gasteiger partial charge in [-0.05, 0) is 65.7 Å². The molecule has 0 saturated heterocycles. The molecule has 10 rings (SSSR count). The van der Waals surface area contributed by atoms with Crippen LogP contribution in [0.15, 0.2) is 45.7 Å². The highest BCUT2D eigenvalue weighted by molar-refractivity contribution is 5.98. The highest BCUT2D eigenvalue weighted by atomic mass is 16.4. The molecule has 0 atom stereocenters. The maximum atomic E-state index is 13.3. The molecule has 3 aromatic heterocycles. The molecule has 1 aromatic carbocycles. The highest BCUT2D eigenvalue weighted by Gasteiger charge is 3.09. The molecule has 0 unspecified atom stereocenters. The first-order valence-corrected chi connectivity index (χ1v) is 12.7.